The lowest BCUT2D eigenvalue weighted by Gasteiger charge is -2.30. The van der Waals surface area contributed by atoms with Crippen LogP contribution in [0.5, 0.6) is 0 Å². The molecule has 0 bridgehead atoms. The van der Waals surface area contributed by atoms with E-state index in [0.717, 1.165) is 25.1 Å². The Hall–Kier alpha value is -1.92. The minimum atomic E-state index is -0.475. The molecule has 0 unspecified atom stereocenters. The predicted octanol–water partition coefficient (Wildman–Crippen LogP) is 3.53. The quantitative estimate of drug-likeness (QED) is 0.721. The molecule has 0 N–H and O–H groups in total. The van der Waals surface area contributed by atoms with Crippen LogP contribution in [0.25, 0.3) is 0 Å². The van der Waals surface area contributed by atoms with Crippen LogP contribution >= 0.6 is 23.2 Å². The molecule has 2 aromatic rings. The van der Waals surface area contributed by atoms with Gasteiger partial charge < -0.3 is 0 Å². The molecule has 3 fully saturated rings. The summed E-state index contributed by atoms with van der Waals surface area (Å²) in [7, 11) is 0. The number of carbonyl (C=O) groups is 2. The van der Waals surface area contributed by atoms with Gasteiger partial charge in [-0.1, -0.05) is 47.5 Å². The highest BCUT2D eigenvalue weighted by molar-refractivity contribution is 6.35. The smallest absolute Gasteiger partial charge is 0.253 e. The highest BCUT2D eigenvalue weighted by atomic mass is 35.5. The van der Waals surface area contributed by atoms with E-state index in [2.05, 4.69) is 10.0 Å². The van der Waals surface area contributed by atoms with E-state index >= 15 is 0 Å². The zero-order chi connectivity index (χ0) is 18.7. The molecule has 3 aliphatic heterocycles. The Morgan fingerprint density at radius 2 is 1.56 bits per heavy atom. The van der Waals surface area contributed by atoms with Crippen molar-refractivity contribution in [1.82, 2.24) is 10.0 Å². The maximum atomic E-state index is 13.4. The van der Waals surface area contributed by atoms with Crippen molar-refractivity contribution in [2.75, 3.05) is 18.0 Å². The second-order valence-corrected chi connectivity index (χ2v) is 7.95. The Morgan fingerprint density at radius 3 is 2.26 bits per heavy atom. The summed E-state index contributed by atoms with van der Waals surface area (Å²) in [4.78, 5) is 27.9. The van der Waals surface area contributed by atoms with Crippen LogP contribution in [0, 0.1) is 5.92 Å². The molecule has 3 heterocycles. The van der Waals surface area contributed by atoms with Gasteiger partial charge in [0.15, 0.2) is 0 Å². The Balaban J connectivity index is 1.61. The van der Waals surface area contributed by atoms with Crippen molar-refractivity contribution in [1.29, 1.82) is 0 Å². The molecule has 138 valence electrons. The summed E-state index contributed by atoms with van der Waals surface area (Å²) in [6.07, 6.45) is 0.956. The van der Waals surface area contributed by atoms with Gasteiger partial charge in [0.2, 0.25) is 5.91 Å². The number of benzene rings is 2. The van der Waals surface area contributed by atoms with Gasteiger partial charge in [0.05, 0.1) is 17.6 Å². The van der Waals surface area contributed by atoms with Crippen molar-refractivity contribution in [2.45, 2.75) is 18.5 Å². The molecule has 5 nitrogen and oxygen atoms in total. The van der Waals surface area contributed by atoms with Gasteiger partial charge in [0.1, 0.15) is 6.04 Å². The van der Waals surface area contributed by atoms with E-state index in [9.17, 15) is 9.59 Å². The Bertz CT molecular complexity index is 936. The van der Waals surface area contributed by atoms with E-state index in [1.54, 1.807) is 24.3 Å². The fourth-order valence-electron chi connectivity index (χ4n) is 4.66. The first-order chi connectivity index (χ1) is 13.1. The molecule has 7 heteroatoms. The number of hydrogen-bond donors (Lipinski definition) is 0. The topological polar surface area (TPSA) is 43.9 Å². The number of hydrazine groups is 1. The standard InChI is InChI=1S/C20H17Cl2N3O2/c21-12-7-8-14(15(22)11-12)17-16-18(24-10-4-9-23(17)24)20(27)25(19(16)26)13-5-2-1-3-6-13/h1-3,5-8,11,16-18H,4,9-10H2/t16-,17-,18+/m0/s1. The molecule has 0 aliphatic carbocycles. The van der Waals surface area contributed by atoms with Crippen molar-refractivity contribution in [2.24, 2.45) is 5.92 Å². The molecular weight excluding hydrogens is 385 g/mol. The summed E-state index contributed by atoms with van der Waals surface area (Å²) in [5.41, 5.74) is 1.46. The third-order valence-electron chi connectivity index (χ3n) is 5.70. The zero-order valence-corrected chi connectivity index (χ0v) is 15.9. The van der Waals surface area contributed by atoms with Crippen molar-refractivity contribution < 1.29 is 9.59 Å². The van der Waals surface area contributed by atoms with Crippen molar-refractivity contribution in [3.05, 3.63) is 64.1 Å². The third kappa shape index (κ3) is 2.46. The number of carbonyl (C=O) groups excluding carboxylic acids is 2. The van der Waals surface area contributed by atoms with Crippen LogP contribution in [-0.2, 0) is 9.59 Å². The molecule has 3 saturated heterocycles. The number of para-hydroxylation sites is 1. The Labute approximate surface area is 167 Å². The van der Waals surface area contributed by atoms with Crippen molar-refractivity contribution in [3.8, 4) is 0 Å². The van der Waals surface area contributed by atoms with E-state index < -0.39 is 12.0 Å². The third-order valence-corrected chi connectivity index (χ3v) is 6.26. The van der Waals surface area contributed by atoms with Gasteiger partial charge >= 0.3 is 0 Å². The SMILES string of the molecule is O=C1[C@@H]2[C@H](C(=O)N1c1ccccc1)N1CCCN1[C@H]2c1ccc(Cl)cc1Cl. The van der Waals surface area contributed by atoms with Crippen molar-refractivity contribution in [3.63, 3.8) is 0 Å². The number of nitrogens with zero attached hydrogens (tertiary/aromatic N) is 3. The molecule has 2 amide bonds. The lowest BCUT2D eigenvalue weighted by Crippen LogP contribution is -2.44. The summed E-state index contributed by atoms with van der Waals surface area (Å²) in [5.74, 6) is -0.797. The molecule has 3 atom stereocenters. The molecule has 0 radical (unpaired) electrons. The molecule has 2 aromatic carbocycles. The molecule has 5 rings (SSSR count). The van der Waals surface area contributed by atoms with Gasteiger partial charge in [-0.15, -0.1) is 0 Å². The maximum Gasteiger partial charge on any atom is 0.253 e. The average Bonchev–Trinajstić information content (AvgIpc) is 3.29. The molecule has 27 heavy (non-hydrogen) atoms. The predicted molar refractivity (Wildman–Crippen MR) is 103 cm³/mol. The number of imide groups is 1. The lowest BCUT2D eigenvalue weighted by molar-refractivity contribution is -0.126. The van der Waals surface area contributed by atoms with E-state index in [1.807, 2.05) is 24.3 Å². The highest BCUT2D eigenvalue weighted by Crippen LogP contribution is 2.50. The second-order valence-electron chi connectivity index (χ2n) is 7.11. The first-order valence-corrected chi connectivity index (χ1v) is 9.74. The maximum absolute atomic E-state index is 13.4. The summed E-state index contributed by atoms with van der Waals surface area (Å²) in [6.45, 7) is 1.58. The fourth-order valence-corrected chi connectivity index (χ4v) is 5.18. The van der Waals surface area contributed by atoms with E-state index in [0.29, 0.717) is 15.7 Å². The Kier molecular flexibility index (Phi) is 4.02. The average molecular weight is 402 g/mol. The second kappa shape index (κ2) is 6.31. The van der Waals surface area contributed by atoms with Gasteiger partial charge in [-0.05, 0) is 36.2 Å². The zero-order valence-electron chi connectivity index (χ0n) is 14.4. The summed E-state index contributed by atoms with van der Waals surface area (Å²) < 4.78 is 0. The van der Waals surface area contributed by atoms with Crippen LogP contribution in [0.15, 0.2) is 48.5 Å². The van der Waals surface area contributed by atoms with E-state index in [1.165, 1.54) is 4.90 Å². The number of halogens is 2. The Morgan fingerprint density at radius 1 is 0.852 bits per heavy atom. The van der Waals surface area contributed by atoms with Crippen LogP contribution in [0.1, 0.15) is 18.0 Å². The van der Waals surface area contributed by atoms with Crippen LogP contribution in [-0.4, -0.2) is 41.0 Å². The number of fused-ring (bicyclic) bond motifs is 3. The minimum Gasteiger partial charge on any atom is -0.274 e. The van der Waals surface area contributed by atoms with Gasteiger partial charge in [-0.3, -0.25) is 9.59 Å². The van der Waals surface area contributed by atoms with Crippen LogP contribution in [0.2, 0.25) is 10.0 Å². The number of hydrogen-bond acceptors (Lipinski definition) is 4. The first-order valence-electron chi connectivity index (χ1n) is 8.99. The lowest BCUT2D eigenvalue weighted by atomic mass is 9.90. The van der Waals surface area contributed by atoms with Gasteiger partial charge in [-0.25, -0.2) is 14.9 Å². The van der Waals surface area contributed by atoms with Gasteiger partial charge in [-0.2, -0.15) is 0 Å². The van der Waals surface area contributed by atoms with E-state index in [4.69, 9.17) is 23.2 Å². The largest absolute Gasteiger partial charge is 0.274 e. The summed E-state index contributed by atoms with van der Waals surface area (Å²) in [5, 5.41) is 5.28. The molecule has 0 saturated carbocycles. The van der Waals surface area contributed by atoms with E-state index in [-0.39, 0.29) is 17.9 Å². The number of amides is 2. The van der Waals surface area contributed by atoms with Crippen LogP contribution < -0.4 is 4.90 Å². The molecule has 3 aliphatic rings. The van der Waals surface area contributed by atoms with Gasteiger partial charge in [0.25, 0.3) is 5.91 Å². The normalized spacial score (nSPS) is 28.1. The first kappa shape index (κ1) is 17.2. The molecule has 0 spiro atoms. The van der Waals surface area contributed by atoms with Crippen molar-refractivity contribution >= 4 is 40.7 Å². The summed E-state index contributed by atoms with van der Waals surface area (Å²) >= 11 is 12.6. The molecule has 0 aromatic heterocycles. The monoisotopic (exact) mass is 401 g/mol. The molecular formula is C20H17Cl2N3O2. The number of rotatable bonds is 2. The van der Waals surface area contributed by atoms with Gasteiger partial charge in [0, 0.05) is 23.1 Å². The fraction of sp³-hybridized carbons (Fsp3) is 0.300. The summed E-state index contributed by atoms with van der Waals surface area (Å²) in [6, 6.07) is 13.7. The minimum absolute atomic E-state index is 0.157. The highest BCUT2D eigenvalue weighted by Gasteiger charge is 2.63. The number of anilines is 1. The van der Waals surface area contributed by atoms with Crippen LogP contribution in [0.3, 0.4) is 0 Å². The van der Waals surface area contributed by atoms with Crippen LogP contribution in [0.4, 0.5) is 5.69 Å².